The first-order valence-electron chi connectivity index (χ1n) is 9.36. The molecular weight excluding hydrogens is 388 g/mol. The van der Waals surface area contributed by atoms with Gasteiger partial charge in [-0.1, -0.05) is 18.9 Å². The van der Waals surface area contributed by atoms with Gasteiger partial charge in [0.1, 0.15) is 11.5 Å². The summed E-state index contributed by atoms with van der Waals surface area (Å²) in [5, 5.41) is 0. The molecule has 1 aromatic heterocycles. The minimum Gasteiger partial charge on any atom is -0.494 e. The number of nitrogens with two attached hydrogens (primary N) is 1. The summed E-state index contributed by atoms with van der Waals surface area (Å²) in [5.74, 6) is 1.53. The number of urea groups is 1. The number of imidazole rings is 1. The number of hydrogen-bond acceptors (Lipinski definition) is 5. The number of anilines is 1. The number of benzene rings is 2. The summed E-state index contributed by atoms with van der Waals surface area (Å²) in [6, 6.07) is 14.4. The summed E-state index contributed by atoms with van der Waals surface area (Å²) in [6.45, 7) is 1.25. The molecule has 0 saturated carbocycles. The number of carbonyl (C=O) groups is 1. The third-order valence-corrected chi connectivity index (χ3v) is 4.66. The number of aromatic nitrogens is 2. The molecule has 0 unspecified atom stereocenters. The monoisotopic (exact) mass is 412 g/mol. The summed E-state index contributed by atoms with van der Waals surface area (Å²) in [7, 11) is 0. The molecule has 152 valence electrons. The van der Waals surface area contributed by atoms with Gasteiger partial charge in [-0.05, 0) is 55.7 Å². The van der Waals surface area contributed by atoms with E-state index in [-0.39, 0.29) is 0 Å². The predicted octanol–water partition coefficient (Wildman–Crippen LogP) is 4.23. The molecule has 0 bridgehead atoms. The number of ether oxygens (including phenoxy) is 2. The second-order valence-electron chi connectivity index (χ2n) is 6.37. The molecule has 8 heteroatoms. The Morgan fingerprint density at radius 1 is 1.03 bits per heavy atom. The van der Waals surface area contributed by atoms with Crippen molar-refractivity contribution in [2.75, 3.05) is 17.5 Å². The Kier molecular flexibility index (Phi) is 7.40. The lowest BCUT2D eigenvalue weighted by Crippen LogP contribution is -2.27. The summed E-state index contributed by atoms with van der Waals surface area (Å²) in [6.07, 6.45) is 8.26. The number of unbranched alkanes of at least 4 members (excludes halogenated alkanes) is 2. The van der Waals surface area contributed by atoms with E-state index in [1.165, 1.54) is 0 Å². The Labute approximate surface area is 175 Å². The van der Waals surface area contributed by atoms with Gasteiger partial charge in [0.15, 0.2) is 0 Å². The van der Waals surface area contributed by atoms with Crippen LogP contribution in [0.25, 0.3) is 5.69 Å². The van der Waals surface area contributed by atoms with E-state index in [2.05, 4.69) is 17.8 Å². The maximum atomic E-state index is 11.2. The van der Waals surface area contributed by atoms with Crippen LogP contribution in [0.3, 0.4) is 0 Å². The Balaban J connectivity index is 1.31. The number of primary amides is 1. The minimum absolute atomic E-state index is 0.575. The van der Waals surface area contributed by atoms with E-state index >= 15 is 0 Å². The van der Waals surface area contributed by atoms with Crippen LogP contribution in [0.15, 0.2) is 67.3 Å². The first-order valence-corrected chi connectivity index (χ1v) is 9.76. The van der Waals surface area contributed by atoms with Gasteiger partial charge in [0.25, 0.3) is 0 Å². The molecule has 2 aromatic carbocycles. The van der Waals surface area contributed by atoms with E-state index in [1.54, 1.807) is 30.7 Å². The molecule has 0 aliphatic heterocycles. The van der Waals surface area contributed by atoms with Gasteiger partial charge in [-0.25, -0.2) is 14.1 Å². The van der Waals surface area contributed by atoms with Gasteiger partial charge in [0, 0.05) is 24.1 Å². The number of amides is 2. The second kappa shape index (κ2) is 10.4. The second-order valence-corrected chi connectivity index (χ2v) is 6.77. The zero-order chi connectivity index (χ0) is 20.5. The summed E-state index contributed by atoms with van der Waals surface area (Å²) >= 11 is 4.05. The summed E-state index contributed by atoms with van der Waals surface area (Å²) in [5.41, 5.74) is 6.84. The zero-order valence-corrected chi connectivity index (χ0v) is 16.9. The zero-order valence-electron chi connectivity index (χ0n) is 16.0. The first-order chi connectivity index (χ1) is 14.1. The van der Waals surface area contributed by atoms with Gasteiger partial charge in [-0.3, -0.25) is 0 Å². The van der Waals surface area contributed by atoms with E-state index in [1.807, 2.05) is 41.1 Å². The lowest BCUT2D eigenvalue weighted by molar-refractivity contribution is 0.257. The standard InChI is InChI=1S/C21H24N4O3S/c22-21(26)25(29)18-5-4-6-20(15-18)28-14-3-1-2-13-27-19-9-7-17(8-10-19)24-12-11-23-16-24/h4-12,15-16,29H,1-3,13-14H2,(H2,22,26). The third-order valence-electron chi connectivity index (χ3n) is 4.24. The van der Waals surface area contributed by atoms with Crippen LogP contribution < -0.4 is 19.5 Å². The minimum atomic E-state index is -0.637. The fraction of sp³-hybridized carbons (Fsp3) is 0.238. The molecule has 2 N–H and O–H groups in total. The highest BCUT2D eigenvalue weighted by molar-refractivity contribution is 7.82. The average molecular weight is 413 g/mol. The van der Waals surface area contributed by atoms with Crippen molar-refractivity contribution in [3.63, 3.8) is 0 Å². The Hall–Kier alpha value is -3.13. The van der Waals surface area contributed by atoms with Crippen LogP contribution in [0.4, 0.5) is 10.5 Å². The fourth-order valence-electron chi connectivity index (χ4n) is 2.72. The summed E-state index contributed by atoms with van der Waals surface area (Å²) in [4.78, 5) is 15.2. The predicted molar refractivity (Wildman–Crippen MR) is 116 cm³/mol. The lowest BCUT2D eigenvalue weighted by atomic mass is 10.2. The molecule has 0 radical (unpaired) electrons. The van der Waals surface area contributed by atoms with E-state index < -0.39 is 6.03 Å². The van der Waals surface area contributed by atoms with Crippen molar-refractivity contribution in [3.05, 3.63) is 67.3 Å². The molecule has 0 spiro atoms. The highest BCUT2D eigenvalue weighted by atomic mass is 32.1. The molecule has 3 aromatic rings. The average Bonchev–Trinajstić information content (AvgIpc) is 3.28. The van der Waals surface area contributed by atoms with Crippen molar-refractivity contribution >= 4 is 24.5 Å². The van der Waals surface area contributed by atoms with Crippen LogP contribution >= 0.6 is 12.8 Å². The van der Waals surface area contributed by atoms with E-state index in [4.69, 9.17) is 15.2 Å². The van der Waals surface area contributed by atoms with Crippen molar-refractivity contribution < 1.29 is 14.3 Å². The van der Waals surface area contributed by atoms with Gasteiger partial charge in [0.05, 0.1) is 25.2 Å². The third kappa shape index (κ3) is 6.18. The Morgan fingerprint density at radius 3 is 2.41 bits per heavy atom. The fourth-order valence-corrected chi connectivity index (χ4v) is 2.84. The number of nitrogens with zero attached hydrogens (tertiary/aromatic N) is 3. The molecule has 7 nitrogen and oxygen atoms in total. The van der Waals surface area contributed by atoms with Gasteiger partial charge >= 0.3 is 6.03 Å². The quantitative estimate of drug-likeness (QED) is 0.386. The molecular formula is C21H24N4O3S. The first kappa shape index (κ1) is 20.6. The van der Waals surface area contributed by atoms with Crippen LogP contribution in [0, 0.1) is 0 Å². The van der Waals surface area contributed by atoms with Crippen LogP contribution in [-0.2, 0) is 0 Å². The van der Waals surface area contributed by atoms with Crippen LogP contribution in [0.2, 0.25) is 0 Å². The van der Waals surface area contributed by atoms with Gasteiger partial charge in [-0.15, -0.1) is 0 Å². The van der Waals surface area contributed by atoms with Crippen molar-refractivity contribution in [2.24, 2.45) is 5.73 Å². The van der Waals surface area contributed by atoms with Crippen molar-refractivity contribution in [1.29, 1.82) is 0 Å². The van der Waals surface area contributed by atoms with E-state index in [0.717, 1.165) is 35.0 Å². The van der Waals surface area contributed by atoms with E-state index in [9.17, 15) is 4.79 Å². The van der Waals surface area contributed by atoms with Gasteiger partial charge < -0.3 is 19.8 Å². The molecule has 29 heavy (non-hydrogen) atoms. The highest BCUT2D eigenvalue weighted by Crippen LogP contribution is 2.22. The van der Waals surface area contributed by atoms with Crippen LogP contribution in [0.1, 0.15) is 19.3 Å². The molecule has 0 saturated heterocycles. The van der Waals surface area contributed by atoms with Gasteiger partial charge in [-0.2, -0.15) is 0 Å². The highest BCUT2D eigenvalue weighted by Gasteiger charge is 2.08. The Morgan fingerprint density at radius 2 is 1.76 bits per heavy atom. The van der Waals surface area contributed by atoms with Crippen molar-refractivity contribution in [1.82, 2.24) is 9.55 Å². The molecule has 0 fully saturated rings. The Bertz CT molecular complexity index is 901. The SMILES string of the molecule is NC(=O)N(S)c1cccc(OCCCCCOc2ccc(-n3ccnc3)cc2)c1. The largest absolute Gasteiger partial charge is 0.494 e. The molecule has 0 aliphatic carbocycles. The van der Waals surface area contributed by atoms with Crippen molar-refractivity contribution in [2.45, 2.75) is 19.3 Å². The number of rotatable bonds is 10. The molecule has 2 amide bonds. The maximum Gasteiger partial charge on any atom is 0.329 e. The molecule has 3 rings (SSSR count). The molecule has 0 atom stereocenters. The lowest BCUT2D eigenvalue weighted by Gasteiger charge is -2.14. The van der Waals surface area contributed by atoms with Crippen LogP contribution in [0.5, 0.6) is 11.5 Å². The van der Waals surface area contributed by atoms with Gasteiger partial charge in [0.2, 0.25) is 0 Å². The summed E-state index contributed by atoms with van der Waals surface area (Å²) < 4.78 is 14.5. The number of carbonyl (C=O) groups excluding carboxylic acids is 1. The molecule has 1 heterocycles. The van der Waals surface area contributed by atoms with E-state index in [0.29, 0.717) is 24.7 Å². The maximum absolute atomic E-state index is 11.2. The number of hydrogen-bond donors (Lipinski definition) is 2. The molecule has 0 aliphatic rings. The van der Waals surface area contributed by atoms with Crippen LogP contribution in [-0.4, -0.2) is 28.8 Å². The topological polar surface area (TPSA) is 82.6 Å². The smallest absolute Gasteiger partial charge is 0.329 e. The number of thiol groups is 1. The normalized spacial score (nSPS) is 10.5. The van der Waals surface area contributed by atoms with Crippen molar-refractivity contribution in [3.8, 4) is 17.2 Å².